The molecule has 1 rings (SSSR count). The molecule has 1 saturated heterocycles. The molecule has 0 aliphatic carbocycles. The molecule has 0 bridgehead atoms. The summed E-state index contributed by atoms with van der Waals surface area (Å²) in [6.45, 7) is 1.42. The molecule has 0 saturated carbocycles. The molecule has 1 fully saturated rings. The molecule has 0 spiro atoms. The lowest BCUT2D eigenvalue weighted by molar-refractivity contribution is 0.128. The third-order valence-corrected chi connectivity index (χ3v) is 1.88. The van der Waals surface area contributed by atoms with Gasteiger partial charge in [0.15, 0.2) is 0 Å². The van der Waals surface area contributed by atoms with Crippen LogP contribution in [0.2, 0.25) is 1.41 Å². The summed E-state index contributed by atoms with van der Waals surface area (Å²) in [7, 11) is 0. The van der Waals surface area contributed by atoms with Crippen molar-refractivity contribution in [1.29, 1.82) is 0 Å². The Hall–Kier alpha value is -0.180. The highest BCUT2D eigenvalue weighted by Crippen LogP contribution is 2.16. The largest absolute Gasteiger partial charge is 0.316 e. The molecule has 0 unspecified atom stereocenters. The van der Waals surface area contributed by atoms with E-state index in [1.165, 1.54) is 5.31 Å². The fraction of sp³-hybridized carbons (Fsp3) is 1.00. The van der Waals surface area contributed by atoms with Crippen LogP contribution in [0.1, 0.15) is 19.3 Å². The van der Waals surface area contributed by atoms with Gasteiger partial charge in [-0.05, 0) is 31.8 Å². The fourth-order valence-corrected chi connectivity index (χ4v) is 1.24. The van der Waals surface area contributed by atoms with Crippen LogP contribution in [0.4, 0.5) is 8.78 Å². The van der Waals surface area contributed by atoms with Gasteiger partial charge in [0.1, 0.15) is 1.41 Å². The number of nitrogens with one attached hydrogen (secondary N) is 1. The minimum absolute atomic E-state index is 0.00148. The van der Waals surface area contributed by atoms with Gasteiger partial charge >= 0.3 is 0 Å². The lowest BCUT2D eigenvalue weighted by Crippen LogP contribution is -2.09. The molecule has 1 N–H and O–H groups in total. The van der Waals surface area contributed by atoms with Gasteiger partial charge in [-0.25, -0.2) is 8.78 Å². The Balaban J connectivity index is 2.08. The van der Waals surface area contributed by atoms with Crippen molar-refractivity contribution in [3.05, 3.63) is 0 Å². The molecule has 3 heteroatoms. The van der Waals surface area contributed by atoms with E-state index in [2.05, 4.69) is 0 Å². The zero-order valence-corrected chi connectivity index (χ0v) is 5.89. The summed E-state index contributed by atoms with van der Waals surface area (Å²) in [5, 5.41) is 1.45. The predicted molar refractivity (Wildman–Crippen MR) is 36.2 cm³/mol. The summed E-state index contributed by atoms with van der Waals surface area (Å²) < 4.78 is 30.6. The zero-order chi connectivity index (χ0) is 8.27. The third-order valence-electron chi connectivity index (χ3n) is 1.88. The Morgan fingerprint density at radius 1 is 1.70 bits per heavy atom. The first-order chi connectivity index (χ1) is 5.18. The summed E-state index contributed by atoms with van der Waals surface area (Å²) in [6.07, 6.45) is -0.684. The SMILES string of the molecule is [2H]N1CC[C@H](CCC(F)F)C1. The van der Waals surface area contributed by atoms with Gasteiger partial charge in [-0.15, -0.1) is 0 Å². The average Bonchev–Trinajstić information content (AvgIpc) is 2.31. The second-order valence-electron chi connectivity index (χ2n) is 2.75. The topological polar surface area (TPSA) is 12.0 Å². The molecular weight excluding hydrogens is 136 g/mol. The van der Waals surface area contributed by atoms with Crippen molar-refractivity contribution < 1.29 is 10.2 Å². The van der Waals surface area contributed by atoms with Crippen LogP contribution >= 0.6 is 0 Å². The first kappa shape index (κ1) is 6.53. The second kappa shape index (κ2) is 3.86. The second-order valence-corrected chi connectivity index (χ2v) is 2.75. The molecule has 1 aliphatic heterocycles. The van der Waals surface area contributed by atoms with E-state index in [1.807, 2.05) is 0 Å². The van der Waals surface area contributed by atoms with Gasteiger partial charge in [-0.1, -0.05) is 0 Å². The van der Waals surface area contributed by atoms with E-state index < -0.39 is 6.43 Å². The first-order valence-corrected chi connectivity index (χ1v) is 3.70. The monoisotopic (exact) mass is 150 g/mol. The van der Waals surface area contributed by atoms with Gasteiger partial charge in [0, 0.05) is 6.42 Å². The van der Waals surface area contributed by atoms with Crippen LogP contribution in [0, 0.1) is 5.92 Å². The number of rotatable bonds is 3. The molecule has 10 heavy (non-hydrogen) atoms. The van der Waals surface area contributed by atoms with Crippen molar-refractivity contribution >= 4 is 0 Å². The average molecular weight is 150 g/mol. The molecule has 0 aromatic carbocycles. The number of hydrogen-bond donors (Lipinski definition) is 1. The van der Waals surface area contributed by atoms with Gasteiger partial charge in [0.25, 0.3) is 0 Å². The van der Waals surface area contributed by atoms with E-state index in [4.69, 9.17) is 1.41 Å². The summed E-state index contributed by atoms with van der Waals surface area (Å²) in [5.74, 6) is 0.335. The van der Waals surface area contributed by atoms with Crippen molar-refractivity contribution in [2.24, 2.45) is 5.92 Å². The molecule has 0 radical (unpaired) electrons. The quantitative estimate of drug-likeness (QED) is 0.645. The number of hydrogen-bond acceptors (Lipinski definition) is 1. The van der Waals surface area contributed by atoms with E-state index in [0.29, 0.717) is 18.9 Å². The van der Waals surface area contributed by atoms with Crippen molar-refractivity contribution in [3.8, 4) is 0 Å². The molecule has 1 nitrogen and oxygen atoms in total. The lowest BCUT2D eigenvalue weighted by atomic mass is 10.0. The number of halogens is 2. The molecular formula is C7H13F2N. The molecule has 1 aliphatic rings. The van der Waals surface area contributed by atoms with E-state index in [1.54, 1.807) is 0 Å². The summed E-state index contributed by atoms with van der Waals surface area (Å²) in [6, 6.07) is 0. The van der Waals surface area contributed by atoms with Crippen LogP contribution in [0.25, 0.3) is 0 Å². The van der Waals surface area contributed by atoms with Crippen molar-refractivity contribution in [2.75, 3.05) is 13.1 Å². The Morgan fingerprint density at radius 3 is 3.00 bits per heavy atom. The maximum atomic E-state index is 11.7. The Morgan fingerprint density at radius 2 is 2.50 bits per heavy atom. The van der Waals surface area contributed by atoms with Crippen LogP contribution in [0.5, 0.6) is 0 Å². The first-order valence-electron chi connectivity index (χ1n) is 4.15. The summed E-state index contributed by atoms with van der Waals surface area (Å²) in [4.78, 5) is 0. The molecule has 0 aromatic heterocycles. The predicted octanol–water partition coefficient (Wildman–Crippen LogP) is 1.64. The van der Waals surface area contributed by atoms with Gasteiger partial charge in [0.2, 0.25) is 6.43 Å². The summed E-state index contributed by atoms with van der Waals surface area (Å²) >= 11 is 0. The lowest BCUT2D eigenvalue weighted by Gasteiger charge is -2.05. The minimum atomic E-state index is -2.17. The fourth-order valence-electron chi connectivity index (χ4n) is 1.24. The third kappa shape index (κ3) is 2.60. The van der Waals surface area contributed by atoms with Crippen LogP contribution in [-0.4, -0.2) is 19.5 Å². The van der Waals surface area contributed by atoms with Gasteiger partial charge < -0.3 is 5.31 Å². The van der Waals surface area contributed by atoms with Crippen LogP contribution < -0.4 is 5.31 Å². The number of alkyl halides is 2. The molecule has 1 heterocycles. The maximum absolute atomic E-state index is 11.7. The molecule has 0 amide bonds. The van der Waals surface area contributed by atoms with Crippen LogP contribution in [-0.2, 0) is 0 Å². The standard InChI is InChI=1S/C7H13F2N/c8-7(9)2-1-6-3-4-10-5-6/h6-7,10H,1-5H2/t6-/m0/s1/i/hD. The van der Waals surface area contributed by atoms with E-state index in [-0.39, 0.29) is 6.42 Å². The minimum Gasteiger partial charge on any atom is -0.316 e. The normalized spacial score (nSPS) is 29.5. The highest BCUT2D eigenvalue weighted by molar-refractivity contribution is 4.70. The van der Waals surface area contributed by atoms with Gasteiger partial charge in [-0.3, -0.25) is 0 Å². The van der Waals surface area contributed by atoms with Gasteiger partial charge in [-0.2, -0.15) is 0 Å². The Kier molecular flexibility index (Phi) is 2.52. The van der Waals surface area contributed by atoms with Crippen LogP contribution in [0.15, 0.2) is 0 Å². The molecule has 60 valence electrons. The van der Waals surface area contributed by atoms with E-state index in [9.17, 15) is 8.78 Å². The van der Waals surface area contributed by atoms with Crippen molar-refractivity contribution in [1.82, 2.24) is 5.31 Å². The maximum Gasteiger partial charge on any atom is 0.238 e. The van der Waals surface area contributed by atoms with Gasteiger partial charge in [0.05, 0.1) is 0 Å². The molecule has 1 atom stereocenters. The van der Waals surface area contributed by atoms with E-state index in [0.717, 1.165) is 13.0 Å². The Labute approximate surface area is 61.3 Å². The summed E-state index contributed by atoms with van der Waals surface area (Å²) in [5.41, 5.74) is 0. The van der Waals surface area contributed by atoms with Crippen LogP contribution in [0.3, 0.4) is 0 Å². The van der Waals surface area contributed by atoms with E-state index >= 15 is 0 Å². The highest BCUT2D eigenvalue weighted by Gasteiger charge is 2.15. The Bertz CT molecular complexity index is 121. The van der Waals surface area contributed by atoms with Crippen molar-refractivity contribution in [2.45, 2.75) is 25.7 Å². The highest BCUT2D eigenvalue weighted by atomic mass is 19.3. The van der Waals surface area contributed by atoms with Crippen molar-refractivity contribution in [3.63, 3.8) is 0 Å². The zero-order valence-electron chi connectivity index (χ0n) is 6.89. The molecule has 0 aromatic rings. The smallest absolute Gasteiger partial charge is 0.238 e.